The second kappa shape index (κ2) is 15.4. The van der Waals surface area contributed by atoms with Crippen molar-refractivity contribution >= 4 is 11.8 Å². The van der Waals surface area contributed by atoms with Gasteiger partial charge in [0.1, 0.15) is 11.6 Å². The maximum Gasteiger partial charge on any atom is 0.253 e. The van der Waals surface area contributed by atoms with Crippen molar-refractivity contribution in [1.82, 2.24) is 10.2 Å². The first-order valence-electron chi connectivity index (χ1n) is 14.1. The van der Waals surface area contributed by atoms with Crippen LogP contribution < -0.4 is 11.1 Å². The maximum absolute atomic E-state index is 13.9. The highest BCUT2D eigenvalue weighted by Gasteiger charge is 2.23. The Morgan fingerprint density at radius 1 is 0.951 bits per heavy atom. The summed E-state index contributed by atoms with van der Waals surface area (Å²) in [6, 6.07) is 14.9. The van der Waals surface area contributed by atoms with Crippen molar-refractivity contribution in [2.24, 2.45) is 5.73 Å². The van der Waals surface area contributed by atoms with Gasteiger partial charge in [-0.15, -0.1) is 0 Å². The number of nitrogens with one attached hydrogen (secondary N) is 1. The lowest BCUT2D eigenvalue weighted by Crippen LogP contribution is -2.51. The number of benzene rings is 3. The average Bonchev–Trinajstić information content (AvgIpc) is 2.94. The van der Waals surface area contributed by atoms with E-state index in [1.54, 1.807) is 30.1 Å². The minimum atomic E-state index is -0.709. The quantitative estimate of drug-likeness (QED) is 0.267. The Balaban J connectivity index is 1.78. The van der Waals surface area contributed by atoms with Gasteiger partial charge in [0, 0.05) is 36.8 Å². The molecule has 0 radical (unpaired) electrons. The van der Waals surface area contributed by atoms with Crippen LogP contribution in [-0.2, 0) is 24.2 Å². The van der Waals surface area contributed by atoms with Crippen LogP contribution in [0.25, 0.3) is 0 Å². The van der Waals surface area contributed by atoms with E-state index in [4.69, 9.17) is 10.5 Å². The standard InChI is InChI=1S/C33H41F2N3O3/c1-5-7-11-38(4)33(40)27-13-22(3)12-26(18-27)32(39)37-31(17-25-15-28(34)19-29(35)16-25)30(36)21-41-20-24-10-8-9-23(6-2)14-24/h8-10,12-16,18-19,30-31H,5-7,11,17,20-21,36H2,1-4H3,(H,37,39)/t30?,31-/m0/s1. The Morgan fingerprint density at radius 3 is 2.32 bits per heavy atom. The van der Waals surface area contributed by atoms with Crippen molar-refractivity contribution in [3.05, 3.63) is 106 Å². The molecule has 0 aliphatic rings. The van der Waals surface area contributed by atoms with E-state index in [1.807, 2.05) is 25.1 Å². The van der Waals surface area contributed by atoms with E-state index in [9.17, 15) is 18.4 Å². The molecule has 3 N–H and O–H groups in total. The molecule has 0 spiro atoms. The van der Waals surface area contributed by atoms with Crippen LogP contribution in [0.5, 0.6) is 0 Å². The molecule has 2 amide bonds. The number of hydrogen-bond donors (Lipinski definition) is 2. The van der Waals surface area contributed by atoms with Gasteiger partial charge in [-0.2, -0.15) is 0 Å². The third kappa shape index (κ3) is 9.76. The topological polar surface area (TPSA) is 84.7 Å². The van der Waals surface area contributed by atoms with Gasteiger partial charge in [0.25, 0.3) is 11.8 Å². The number of aryl methyl sites for hydroxylation is 2. The highest BCUT2D eigenvalue weighted by Crippen LogP contribution is 2.16. The smallest absolute Gasteiger partial charge is 0.253 e. The summed E-state index contributed by atoms with van der Waals surface area (Å²) in [6.07, 6.45) is 2.85. The molecule has 3 aromatic rings. The van der Waals surface area contributed by atoms with E-state index >= 15 is 0 Å². The Labute approximate surface area is 241 Å². The fourth-order valence-corrected chi connectivity index (χ4v) is 4.67. The largest absolute Gasteiger partial charge is 0.375 e. The molecule has 0 aliphatic carbocycles. The van der Waals surface area contributed by atoms with Crippen LogP contribution in [0.15, 0.2) is 60.7 Å². The number of nitrogens with zero attached hydrogens (tertiary/aromatic N) is 1. The minimum absolute atomic E-state index is 0.0909. The first kappa shape index (κ1) is 31.9. The number of unbranched alkanes of at least 4 members (excludes halogenated alkanes) is 1. The number of hydrogen-bond acceptors (Lipinski definition) is 4. The van der Waals surface area contributed by atoms with Crippen LogP contribution in [0, 0.1) is 18.6 Å². The van der Waals surface area contributed by atoms with E-state index in [-0.39, 0.29) is 18.9 Å². The van der Waals surface area contributed by atoms with Crippen molar-refractivity contribution < 1.29 is 23.1 Å². The fourth-order valence-electron chi connectivity index (χ4n) is 4.67. The van der Waals surface area contributed by atoms with Gasteiger partial charge in [-0.3, -0.25) is 9.59 Å². The van der Waals surface area contributed by atoms with Gasteiger partial charge in [0.15, 0.2) is 0 Å². The van der Waals surface area contributed by atoms with Crippen LogP contribution in [0.2, 0.25) is 0 Å². The first-order chi connectivity index (χ1) is 19.6. The van der Waals surface area contributed by atoms with Gasteiger partial charge in [-0.25, -0.2) is 8.78 Å². The lowest BCUT2D eigenvalue weighted by atomic mass is 9.98. The Kier molecular flexibility index (Phi) is 12.0. The van der Waals surface area contributed by atoms with E-state index in [0.29, 0.717) is 29.8 Å². The van der Waals surface area contributed by atoms with Gasteiger partial charge in [-0.1, -0.05) is 44.5 Å². The normalized spacial score (nSPS) is 12.6. The summed E-state index contributed by atoms with van der Waals surface area (Å²) in [5, 5.41) is 2.93. The predicted octanol–water partition coefficient (Wildman–Crippen LogP) is 5.59. The minimum Gasteiger partial charge on any atom is -0.375 e. The first-order valence-corrected chi connectivity index (χ1v) is 14.1. The molecule has 41 heavy (non-hydrogen) atoms. The lowest BCUT2D eigenvalue weighted by Gasteiger charge is -2.26. The zero-order valence-electron chi connectivity index (χ0n) is 24.4. The zero-order valence-corrected chi connectivity index (χ0v) is 24.4. The molecule has 0 aromatic heterocycles. The summed E-state index contributed by atoms with van der Waals surface area (Å²) < 4.78 is 33.8. The summed E-state index contributed by atoms with van der Waals surface area (Å²) in [5.41, 5.74) is 10.5. The molecule has 0 saturated carbocycles. The van der Waals surface area contributed by atoms with Crippen molar-refractivity contribution in [3.63, 3.8) is 0 Å². The predicted molar refractivity (Wildman–Crippen MR) is 158 cm³/mol. The molecule has 8 heteroatoms. The molecule has 3 rings (SSSR count). The molecule has 0 aliphatic heterocycles. The second-order valence-corrected chi connectivity index (χ2v) is 10.6. The number of nitrogens with two attached hydrogens (primary N) is 1. The van der Waals surface area contributed by atoms with Crippen LogP contribution in [0.3, 0.4) is 0 Å². The molecule has 2 atom stereocenters. The van der Waals surface area contributed by atoms with E-state index in [2.05, 4.69) is 25.2 Å². The Hall–Kier alpha value is -3.62. The SMILES string of the molecule is CCCCN(C)C(=O)c1cc(C)cc(C(=O)N[C@@H](Cc2cc(F)cc(F)c2)C(N)COCc2cccc(CC)c2)c1. The van der Waals surface area contributed by atoms with Crippen molar-refractivity contribution in [1.29, 1.82) is 0 Å². The maximum atomic E-state index is 13.9. The number of amides is 2. The summed E-state index contributed by atoms with van der Waals surface area (Å²) >= 11 is 0. The number of carbonyl (C=O) groups excluding carboxylic acids is 2. The van der Waals surface area contributed by atoms with Crippen LogP contribution in [0.1, 0.15) is 69.7 Å². The molecule has 220 valence electrons. The van der Waals surface area contributed by atoms with Crippen LogP contribution in [-0.4, -0.2) is 49.0 Å². The van der Waals surface area contributed by atoms with Gasteiger partial charge >= 0.3 is 0 Å². The molecule has 0 fully saturated rings. The molecule has 0 heterocycles. The molecular weight excluding hydrogens is 524 g/mol. The summed E-state index contributed by atoms with van der Waals surface area (Å²) in [4.78, 5) is 28.1. The summed E-state index contributed by atoms with van der Waals surface area (Å²) in [6.45, 7) is 7.02. The van der Waals surface area contributed by atoms with Gasteiger partial charge in [0.05, 0.1) is 19.3 Å². The van der Waals surface area contributed by atoms with Gasteiger partial charge in [-0.05, 0) is 78.8 Å². The lowest BCUT2D eigenvalue weighted by molar-refractivity contribution is 0.0793. The molecule has 0 saturated heterocycles. The van der Waals surface area contributed by atoms with Gasteiger partial charge in [0.2, 0.25) is 0 Å². The van der Waals surface area contributed by atoms with E-state index < -0.39 is 29.6 Å². The van der Waals surface area contributed by atoms with Crippen molar-refractivity contribution in [2.45, 2.75) is 65.1 Å². The number of ether oxygens (including phenoxy) is 1. The molecule has 1 unspecified atom stereocenters. The highest BCUT2D eigenvalue weighted by molar-refractivity contribution is 6.00. The van der Waals surface area contributed by atoms with E-state index in [1.165, 1.54) is 17.7 Å². The monoisotopic (exact) mass is 565 g/mol. The molecule has 0 bridgehead atoms. The Bertz CT molecular complexity index is 1310. The van der Waals surface area contributed by atoms with Crippen molar-refractivity contribution in [2.75, 3.05) is 20.2 Å². The molecule has 6 nitrogen and oxygen atoms in total. The third-order valence-corrected chi connectivity index (χ3v) is 6.97. The van der Waals surface area contributed by atoms with Crippen molar-refractivity contribution in [3.8, 4) is 0 Å². The molecular formula is C33H41F2N3O3. The fraction of sp³-hybridized carbons (Fsp3) is 0.394. The van der Waals surface area contributed by atoms with Gasteiger partial charge < -0.3 is 20.7 Å². The average molecular weight is 566 g/mol. The third-order valence-electron chi connectivity index (χ3n) is 6.97. The number of carbonyl (C=O) groups is 2. The summed E-state index contributed by atoms with van der Waals surface area (Å²) in [5.74, 6) is -2.02. The molecule has 3 aromatic carbocycles. The zero-order chi connectivity index (χ0) is 29.9. The van der Waals surface area contributed by atoms with E-state index in [0.717, 1.165) is 36.5 Å². The second-order valence-electron chi connectivity index (χ2n) is 10.6. The Morgan fingerprint density at radius 2 is 1.63 bits per heavy atom. The summed E-state index contributed by atoms with van der Waals surface area (Å²) in [7, 11) is 1.74. The highest BCUT2D eigenvalue weighted by atomic mass is 19.1. The van der Waals surface area contributed by atoms with Crippen LogP contribution >= 0.6 is 0 Å². The van der Waals surface area contributed by atoms with Crippen LogP contribution in [0.4, 0.5) is 8.78 Å². The number of rotatable bonds is 14. The number of halogens is 2.